The zero-order valence-corrected chi connectivity index (χ0v) is 19.5. The van der Waals surface area contributed by atoms with E-state index in [1.807, 2.05) is 36.4 Å². The highest BCUT2D eigenvalue weighted by Gasteiger charge is 2.29. The maximum atomic E-state index is 12.8. The molecule has 0 saturated heterocycles. The minimum absolute atomic E-state index is 0.0635. The molecule has 2 aromatic carbocycles. The number of rotatable bonds is 4. The summed E-state index contributed by atoms with van der Waals surface area (Å²) in [5, 5.41) is 2.55. The van der Waals surface area contributed by atoms with Crippen molar-refractivity contribution in [3.8, 4) is 11.1 Å². The molecule has 32 heavy (non-hydrogen) atoms. The molecule has 3 aromatic rings. The van der Waals surface area contributed by atoms with E-state index in [-0.39, 0.29) is 23.4 Å². The first-order valence-corrected chi connectivity index (χ1v) is 12.7. The first-order chi connectivity index (χ1) is 15.3. The molecule has 9 heteroatoms. The van der Waals surface area contributed by atoms with Crippen LogP contribution in [0.3, 0.4) is 0 Å². The van der Waals surface area contributed by atoms with Gasteiger partial charge in [0, 0.05) is 18.4 Å². The highest BCUT2D eigenvalue weighted by molar-refractivity contribution is 7.93. The van der Waals surface area contributed by atoms with Gasteiger partial charge in [-0.25, -0.2) is 14.0 Å². The summed E-state index contributed by atoms with van der Waals surface area (Å²) in [5.74, 6) is 0.0652. The zero-order valence-electron chi connectivity index (χ0n) is 17.2. The molecular formula is C23H20ClN3O3S2. The number of aromatic nitrogens is 1. The summed E-state index contributed by atoms with van der Waals surface area (Å²) in [6, 6.07) is 19.5. The van der Waals surface area contributed by atoms with Gasteiger partial charge < -0.3 is 4.74 Å². The quantitative estimate of drug-likeness (QED) is 0.408. The van der Waals surface area contributed by atoms with E-state index < -0.39 is 15.8 Å². The second-order valence-corrected chi connectivity index (χ2v) is 10.6. The molecule has 6 nitrogen and oxygen atoms in total. The average Bonchev–Trinajstić information content (AvgIpc) is 3.07. The fraction of sp³-hybridized carbons (Fsp3) is 0.174. The largest absolute Gasteiger partial charge is 0.448 e. The van der Waals surface area contributed by atoms with Gasteiger partial charge in [-0.05, 0) is 46.1 Å². The predicted molar refractivity (Wildman–Crippen MR) is 130 cm³/mol. The lowest BCUT2D eigenvalue weighted by Gasteiger charge is -2.14. The van der Waals surface area contributed by atoms with Crippen molar-refractivity contribution in [1.29, 1.82) is 0 Å². The van der Waals surface area contributed by atoms with Crippen LogP contribution in [0.5, 0.6) is 0 Å². The van der Waals surface area contributed by atoms with Crippen molar-refractivity contribution in [3.63, 3.8) is 0 Å². The van der Waals surface area contributed by atoms with Gasteiger partial charge in [-0.15, -0.1) is 0 Å². The van der Waals surface area contributed by atoms with Crippen molar-refractivity contribution < 1.29 is 13.7 Å². The minimum Gasteiger partial charge on any atom is -0.448 e. The highest BCUT2D eigenvalue weighted by Crippen LogP contribution is 2.44. The van der Waals surface area contributed by atoms with Gasteiger partial charge in [0.2, 0.25) is 5.11 Å². The first-order valence-electron chi connectivity index (χ1n) is 9.78. The molecule has 1 atom stereocenters. The number of carbonyl (C=O) groups excluding carboxylic acids is 1. The van der Waals surface area contributed by atoms with Crippen molar-refractivity contribution in [2.75, 3.05) is 12.9 Å². The summed E-state index contributed by atoms with van der Waals surface area (Å²) >= 11 is 10.9. The predicted octanol–water partition coefficient (Wildman–Crippen LogP) is 5.16. The maximum absolute atomic E-state index is 12.8. The number of halogens is 1. The summed E-state index contributed by atoms with van der Waals surface area (Å²) in [6.45, 7) is 0.153. The summed E-state index contributed by atoms with van der Waals surface area (Å²) in [5.41, 5.74) is 5.22. The molecule has 1 unspecified atom stereocenters. The van der Waals surface area contributed by atoms with E-state index in [0.717, 1.165) is 22.3 Å². The molecule has 1 N–H and O–H groups in total. The molecule has 0 aliphatic heterocycles. The van der Waals surface area contributed by atoms with Gasteiger partial charge in [0.05, 0.1) is 15.5 Å². The lowest BCUT2D eigenvalue weighted by atomic mass is 9.98. The molecule has 0 bridgehead atoms. The number of nitrogens with zero attached hydrogens (tertiary/aromatic N) is 2. The third kappa shape index (κ3) is 5.15. The van der Waals surface area contributed by atoms with Crippen molar-refractivity contribution in [2.24, 2.45) is 4.36 Å². The Balaban J connectivity index is 1.39. The Labute approximate surface area is 197 Å². The average molecular weight is 486 g/mol. The highest BCUT2D eigenvalue weighted by atomic mass is 35.5. The fourth-order valence-corrected chi connectivity index (χ4v) is 5.67. The van der Waals surface area contributed by atoms with Crippen molar-refractivity contribution in [3.05, 3.63) is 88.7 Å². The fourth-order valence-electron chi connectivity index (χ4n) is 3.75. The smallest absolute Gasteiger partial charge is 0.413 e. The number of carbonyl (C=O) groups is 1. The number of hydrogen-bond acceptors (Lipinski definition) is 5. The van der Waals surface area contributed by atoms with Crippen LogP contribution in [0.1, 0.15) is 22.6 Å². The Morgan fingerprint density at radius 1 is 1.12 bits per heavy atom. The molecular weight excluding hydrogens is 466 g/mol. The van der Waals surface area contributed by atoms with Crippen LogP contribution in [0.2, 0.25) is 5.15 Å². The lowest BCUT2D eigenvalue weighted by Crippen LogP contribution is -2.30. The van der Waals surface area contributed by atoms with Crippen LogP contribution in [0.15, 0.2) is 71.2 Å². The Kier molecular flexibility index (Phi) is 6.55. The van der Waals surface area contributed by atoms with E-state index in [2.05, 4.69) is 26.8 Å². The van der Waals surface area contributed by atoms with E-state index in [1.165, 1.54) is 12.5 Å². The second-order valence-electron chi connectivity index (χ2n) is 7.44. The van der Waals surface area contributed by atoms with Crippen LogP contribution >= 0.6 is 23.8 Å². The lowest BCUT2D eigenvalue weighted by molar-refractivity contribution is 0.148. The van der Waals surface area contributed by atoms with Gasteiger partial charge in [-0.1, -0.05) is 66.2 Å². The Hall–Kier alpha value is -2.81. The summed E-state index contributed by atoms with van der Waals surface area (Å²) in [6.07, 6.45) is 2.26. The number of nitrogens with one attached hydrogen (secondary N) is 1. The van der Waals surface area contributed by atoms with Crippen molar-refractivity contribution in [1.82, 2.24) is 10.3 Å². The van der Waals surface area contributed by atoms with Crippen LogP contribution in [0.25, 0.3) is 11.1 Å². The van der Waals surface area contributed by atoms with Crippen LogP contribution in [-0.4, -0.2) is 33.3 Å². The summed E-state index contributed by atoms with van der Waals surface area (Å²) in [7, 11) is -2.72. The van der Waals surface area contributed by atoms with Gasteiger partial charge in [-0.2, -0.15) is 4.36 Å². The van der Waals surface area contributed by atoms with Crippen molar-refractivity contribution in [2.45, 2.75) is 11.7 Å². The van der Waals surface area contributed by atoms with Gasteiger partial charge in [0.1, 0.15) is 11.8 Å². The normalized spacial score (nSPS) is 14.1. The van der Waals surface area contributed by atoms with Crippen molar-refractivity contribution >= 4 is 44.8 Å². The monoisotopic (exact) mass is 485 g/mol. The summed E-state index contributed by atoms with van der Waals surface area (Å²) in [4.78, 5) is 16.3. The van der Waals surface area contributed by atoms with Crippen LogP contribution in [0, 0.1) is 0 Å². The molecule has 1 aliphatic carbocycles. The Morgan fingerprint density at radius 3 is 2.34 bits per heavy atom. The minimum atomic E-state index is -2.72. The van der Waals surface area contributed by atoms with Crippen LogP contribution in [0.4, 0.5) is 4.79 Å². The number of amides is 1. The number of benzene rings is 2. The number of alkyl carbamates (subject to hydrolysis) is 1. The molecule has 1 aliphatic rings. The third-order valence-corrected chi connectivity index (χ3v) is 7.02. The molecule has 1 amide bonds. The number of thiocarbonyl (C=S) groups is 1. The van der Waals surface area contributed by atoms with Crippen LogP contribution < -0.4 is 5.32 Å². The molecule has 0 saturated carbocycles. The molecule has 1 heterocycles. The molecule has 0 fully saturated rings. The molecule has 1 aromatic heterocycles. The van der Waals surface area contributed by atoms with E-state index >= 15 is 0 Å². The second kappa shape index (κ2) is 9.36. The van der Waals surface area contributed by atoms with E-state index in [4.69, 9.17) is 28.6 Å². The van der Waals surface area contributed by atoms with Gasteiger partial charge in [-0.3, -0.25) is 5.32 Å². The molecule has 0 spiro atoms. The Bertz CT molecular complexity index is 1260. The zero-order chi connectivity index (χ0) is 22.7. The van der Waals surface area contributed by atoms with E-state index in [9.17, 15) is 9.00 Å². The molecule has 0 radical (unpaired) electrons. The topological polar surface area (TPSA) is 80.7 Å². The first kappa shape index (κ1) is 22.4. The van der Waals surface area contributed by atoms with Gasteiger partial charge in [0.25, 0.3) is 0 Å². The Morgan fingerprint density at radius 2 is 1.75 bits per heavy atom. The number of hydrogen-bond donors (Lipinski definition) is 1. The van der Waals surface area contributed by atoms with E-state index in [0.29, 0.717) is 10.7 Å². The number of pyridine rings is 1. The number of ether oxygens (including phenoxy) is 1. The van der Waals surface area contributed by atoms with Gasteiger partial charge >= 0.3 is 6.09 Å². The molecule has 4 rings (SSSR count). The van der Waals surface area contributed by atoms with Gasteiger partial charge in [0.15, 0.2) is 0 Å². The molecule has 164 valence electrons. The van der Waals surface area contributed by atoms with Crippen LogP contribution in [-0.2, 0) is 20.2 Å². The number of fused-ring (bicyclic) bond motifs is 3. The van der Waals surface area contributed by atoms with E-state index in [1.54, 1.807) is 12.1 Å². The third-order valence-electron chi connectivity index (χ3n) is 5.05. The standard InChI is InChI=1S/C23H20ClN3O3S2/c1-32(29,14-15-10-11-21(24)25-12-15)27-22(31)26-23(28)30-13-20-18-8-4-2-6-16(18)17-7-3-5-9-19(17)20/h2-12,20H,13-14H2,1H3,(H,26,28,31). The summed E-state index contributed by atoms with van der Waals surface area (Å²) < 4.78 is 22.2. The maximum Gasteiger partial charge on any atom is 0.413 e. The SMILES string of the molecule is CS(=O)(Cc1ccc(Cl)nc1)=NC(=S)NC(=O)OCC1c2ccccc2-c2ccccc21.